The molecule has 0 unspecified atom stereocenters. The second kappa shape index (κ2) is 27.4. The molecular weight excluding hydrogens is 390 g/mol. The maximum Gasteiger partial charge on any atom is 0.0666 e. The van der Waals surface area contributed by atoms with Crippen molar-refractivity contribution < 1.29 is 58.6 Å². The van der Waals surface area contributed by atoms with Gasteiger partial charge in [0, 0.05) is 0 Å². The van der Waals surface area contributed by atoms with Gasteiger partial charge in [-0.15, -0.1) is 0 Å². The van der Waals surface area contributed by atoms with E-state index in [9.17, 15) is 9.90 Å². The fourth-order valence-electron chi connectivity index (χ4n) is 0. The van der Waals surface area contributed by atoms with E-state index in [2.05, 4.69) is 70.0 Å². The second-order valence-electron chi connectivity index (χ2n) is 5.57. The molecule has 7 heteroatoms. The van der Waals surface area contributed by atoms with Crippen LogP contribution in [-0.4, -0.2) is 69.4 Å². The molecule has 0 aromatic carbocycles. The average molecular weight is 425 g/mol. The summed E-state index contributed by atoms with van der Waals surface area (Å²) in [6.07, 6.45) is 0. The van der Waals surface area contributed by atoms with Gasteiger partial charge in [-0.1, -0.05) is 6.58 Å². The Labute approximate surface area is 147 Å². The molecule has 0 atom stereocenters. The van der Waals surface area contributed by atoms with Crippen molar-refractivity contribution in [2.45, 2.75) is 6.92 Å². The van der Waals surface area contributed by atoms with E-state index in [0.29, 0.717) is 0 Å². The Morgan fingerprint density at radius 2 is 0.800 bits per heavy atom. The van der Waals surface area contributed by atoms with Crippen LogP contribution < -0.4 is 53.8 Å². The minimum Gasteiger partial charge on any atom is -1.00 e. The summed E-state index contributed by atoms with van der Waals surface area (Å²) < 4.78 is 0. The van der Waals surface area contributed by atoms with E-state index in [1.165, 1.54) is 21.6 Å². The first-order valence-corrected chi connectivity index (χ1v) is 6.01. The molecule has 0 radical (unpaired) electrons. The van der Waals surface area contributed by atoms with Gasteiger partial charge in [-0.2, -0.15) is 0 Å². The molecular formula is C13H35Br2N3O2. The Morgan fingerprint density at radius 3 is 0.800 bits per heavy atom. The normalized spacial score (nSPS) is 7.65. The van der Waals surface area contributed by atoms with Crippen molar-refractivity contribution in [2.24, 2.45) is 0 Å². The van der Waals surface area contributed by atoms with E-state index in [1.54, 1.807) is 0 Å². The van der Waals surface area contributed by atoms with Gasteiger partial charge in [-0.25, -0.2) is 0 Å². The van der Waals surface area contributed by atoms with Gasteiger partial charge < -0.3 is 58.6 Å². The van der Waals surface area contributed by atoms with Crippen molar-refractivity contribution in [2.75, 3.05) is 63.4 Å². The number of nitrogens with one attached hydrogen (secondary N) is 3. The van der Waals surface area contributed by atoms with Crippen LogP contribution in [0.15, 0.2) is 12.2 Å². The van der Waals surface area contributed by atoms with Crippen LogP contribution in [0.1, 0.15) is 6.92 Å². The molecule has 0 saturated heterocycles. The first-order chi connectivity index (χ1) is 7.84. The zero-order chi connectivity index (χ0) is 15.9. The molecule has 0 bridgehead atoms. The minimum absolute atomic E-state index is 0. The van der Waals surface area contributed by atoms with E-state index in [4.69, 9.17) is 0 Å². The lowest BCUT2D eigenvalue weighted by atomic mass is 10.4. The van der Waals surface area contributed by atoms with Crippen molar-refractivity contribution >= 4 is 5.97 Å². The molecule has 0 aliphatic rings. The molecule has 0 aromatic heterocycles. The number of aliphatic carboxylic acids is 1. The van der Waals surface area contributed by atoms with Crippen molar-refractivity contribution in [1.82, 2.24) is 0 Å². The lowest BCUT2D eigenvalue weighted by Crippen LogP contribution is -3.02. The standard InChI is InChI=1S/C4H6O2.3C3H9N.2BrH/c1-3(2)4(5)6;3*1-4(2)3;;/h1H2,2H3,(H,5,6);3*1-3H3;2*1H. The predicted octanol–water partition coefficient (Wildman–Crippen LogP) is -10.4. The topological polar surface area (TPSA) is 53.4 Å². The van der Waals surface area contributed by atoms with Gasteiger partial charge in [0.15, 0.2) is 0 Å². The number of hydrogen-bond donors (Lipinski definition) is 3. The molecule has 0 amide bonds. The largest absolute Gasteiger partial charge is 1.00 e. The molecule has 0 heterocycles. The Kier molecular flexibility index (Phi) is 50.5. The van der Waals surface area contributed by atoms with Crippen LogP contribution in [-0.2, 0) is 4.79 Å². The fourth-order valence-corrected chi connectivity index (χ4v) is 0. The number of carboxylic acids is 1. The molecule has 0 spiro atoms. The molecule has 20 heavy (non-hydrogen) atoms. The smallest absolute Gasteiger partial charge is 0.0666 e. The highest BCUT2D eigenvalue weighted by Gasteiger charge is 1.76. The molecule has 0 aromatic rings. The highest BCUT2D eigenvalue weighted by Crippen LogP contribution is 1.77. The van der Waals surface area contributed by atoms with Gasteiger partial charge in [-0.3, -0.25) is 0 Å². The van der Waals surface area contributed by atoms with Gasteiger partial charge in [-0.05, 0) is 12.5 Å². The van der Waals surface area contributed by atoms with Crippen molar-refractivity contribution in [3.8, 4) is 0 Å². The Morgan fingerprint density at radius 1 is 0.750 bits per heavy atom. The van der Waals surface area contributed by atoms with Crippen molar-refractivity contribution in [3.05, 3.63) is 12.2 Å². The summed E-state index contributed by atoms with van der Waals surface area (Å²) in [4.78, 5) is 13.7. The Balaban J connectivity index is -0.0000000322. The molecule has 0 aliphatic carbocycles. The summed E-state index contributed by atoms with van der Waals surface area (Å²) in [7, 11) is 18.8. The van der Waals surface area contributed by atoms with Gasteiger partial charge in [0.2, 0.25) is 0 Å². The highest BCUT2D eigenvalue weighted by molar-refractivity contribution is 5.82. The van der Waals surface area contributed by atoms with Gasteiger partial charge in [0.05, 0.1) is 69.4 Å². The summed E-state index contributed by atoms with van der Waals surface area (Å²) in [5.74, 6) is -1.19. The zero-order valence-corrected chi connectivity index (χ0v) is 18.0. The van der Waals surface area contributed by atoms with Crippen molar-refractivity contribution in [3.63, 3.8) is 0 Å². The zero-order valence-electron chi connectivity index (χ0n) is 14.8. The van der Waals surface area contributed by atoms with Crippen LogP contribution in [0, 0.1) is 0 Å². The highest BCUT2D eigenvalue weighted by atomic mass is 79.9. The third-order valence-corrected chi connectivity index (χ3v) is 0.348. The lowest BCUT2D eigenvalue weighted by molar-refractivity contribution is -0.836. The summed E-state index contributed by atoms with van der Waals surface area (Å²) in [5, 5.41) is 9.49. The molecule has 3 N–H and O–H groups in total. The summed E-state index contributed by atoms with van der Waals surface area (Å²) >= 11 is 0. The molecule has 0 fully saturated rings. The van der Waals surface area contributed by atoms with Crippen LogP contribution in [0.25, 0.3) is 0 Å². The molecule has 0 saturated carbocycles. The lowest BCUT2D eigenvalue weighted by Gasteiger charge is -1.93. The second-order valence-corrected chi connectivity index (χ2v) is 5.57. The van der Waals surface area contributed by atoms with E-state index in [1.807, 2.05) is 0 Å². The van der Waals surface area contributed by atoms with Crippen LogP contribution in [0.4, 0.5) is 0 Å². The van der Waals surface area contributed by atoms with E-state index < -0.39 is 5.97 Å². The Hall–Kier alpha value is 0.0500. The van der Waals surface area contributed by atoms with Gasteiger partial charge in [0.1, 0.15) is 0 Å². The number of carbonyl (C=O) groups is 1. The third-order valence-electron chi connectivity index (χ3n) is 0.348. The average Bonchev–Trinajstić information content (AvgIpc) is 1.99. The molecule has 128 valence electrons. The van der Waals surface area contributed by atoms with Crippen LogP contribution in [0.3, 0.4) is 0 Å². The number of quaternary nitrogens is 3. The Bertz CT molecular complexity index is 166. The van der Waals surface area contributed by atoms with Gasteiger partial charge in [0.25, 0.3) is 0 Å². The quantitative estimate of drug-likeness (QED) is 0.366. The van der Waals surface area contributed by atoms with E-state index in [0.717, 1.165) is 0 Å². The van der Waals surface area contributed by atoms with Crippen LogP contribution >= 0.6 is 0 Å². The SMILES string of the molecule is C=C(C)C(=O)[O-].C[NH+](C)C.C[NH+](C)C.C[NH+](C)C.[Br-].[Br-]. The van der Waals surface area contributed by atoms with Crippen LogP contribution in [0.5, 0.6) is 0 Å². The fraction of sp³-hybridized carbons (Fsp3) is 0.769. The van der Waals surface area contributed by atoms with Crippen molar-refractivity contribution in [1.29, 1.82) is 0 Å². The predicted molar refractivity (Wildman–Crippen MR) is 76.0 cm³/mol. The third kappa shape index (κ3) is 320. The summed E-state index contributed by atoms with van der Waals surface area (Å²) in [6, 6.07) is 0. The van der Waals surface area contributed by atoms with Gasteiger partial charge >= 0.3 is 0 Å². The molecule has 0 aliphatic heterocycles. The van der Waals surface area contributed by atoms with E-state index >= 15 is 0 Å². The maximum absolute atomic E-state index is 9.49. The number of rotatable bonds is 1. The maximum atomic E-state index is 9.49. The number of carboxylic acid groups (broad SMARTS) is 1. The van der Waals surface area contributed by atoms with E-state index in [-0.39, 0.29) is 39.5 Å². The number of hydrogen-bond acceptors (Lipinski definition) is 2. The first-order valence-electron chi connectivity index (χ1n) is 6.01. The molecule has 0 rings (SSSR count). The van der Waals surface area contributed by atoms with Crippen LogP contribution in [0.2, 0.25) is 0 Å². The monoisotopic (exact) mass is 423 g/mol. The summed E-state index contributed by atoms with van der Waals surface area (Å²) in [6.45, 7) is 4.48. The molecule has 5 nitrogen and oxygen atoms in total. The number of halogens is 2. The number of carbonyl (C=O) groups excluding carboxylic acids is 1. The summed E-state index contributed by atoms with van der Waals surface area (Å²) in [5.41, 5.74) is 0.0648. The minimum atomic E-state index is -1.19. The first kappa shape index (κ1) is 36.9.